The number of ether oxygens (including phenoxy) is 1. The number of hydrogen-bond donors (Lipinski definition) is 2. The number of nitrogens with two attached hydrogens (primary N) is 1. The molecule has 1 aliphatic rings. The van der Waals surface area contributed by atoms with Crippen LogP contribution in [0.5, 0.6) is 11.5 Å². The Morgan fingerprint density at radius 2 is 1.75 bits per heavy atom. The van der Waals surface area contributed by atoms with Gasteiger partial charge in [-0.1, -0.05) is 31.9 Å². The number of hydrogen-bond acceptors (Lipinski definition) is 4. The van der Waals surface area contributed by atoms with E-state index in [4.69, 9.17) is 10.5 Å². The van der Waals surface area contributed by atoms with Crippen molar-refractivity contribution in [2.75, 3.05) is 5.73 Å². The highest BCUT2D eigenvalue weighted by Gasteiger charge is 2.20. The summed E-state index contributed by atoms with van der Waals surface area (Å²) in [6, 6.07) is 12.1. The Labute approximate surface area is 142 Å². The predicted molar refractivity (Wildman–Crippen MR) is 94.3 cm³/mol. The molecule has 2 aromatic carbocycles. The van der Waals surface area contributed by atoms with Crippen LogP contribution in [0.15, 0.2) is 42.5 Å². The molecule has 3 rings (SSSR count). The van der Waals surface area contributed by atoms with Crippen molar-refractivity contribution in [3.63, 3.8) is 0 Å². The van der Waals surface area contributed by atoms with E-state index >= 15 is 0 Å². The average molecular weight is 325 g/mol. The SMILES string of the molecule is CC1CCC(c2ccc(C(=O)Oc3ccc(O)c(N)c3)cc2)CC1. The molecule has 0 spiro atoms. The Morgan fingerprint density at radius 1 is 1.08 bits per heavy atom. The van der Waals surface area contributed by atoms with Crippen molar-refractivity contribution in [3.05, 3.63) is 53.6 Å². The first kappa shape index (κ1) is 16.4. The Hall–Kier alpha value is -2.49. The van der Waals surface area contributed by atoms with Gasteiger partial charge in [-0.25, -0.2) is 4.79 Å². The number of benzene rings is 2. The molecule has 0 atom stereocenters. The van der Waals surface area contributed by atoms with Gasteiger partial charge >= 0.3 is 5.97 Å². The molecule has 0 radical (unpaired) electrons. The molecule has 0 heterocycles. The van der Waals surface area contributed by atoms with E-state index in [1.54, 1.807) is 0 Å². The first-order chi connectivity index (χ1) is 11.5. The highest BCUT2D eigenvalue weighted by Crippen LogP contribution is 2.35. The summed E-state index contributed by atoms with van der Waals surface area (Å²) in [5, 5.41) is 9.40. The Kier molecular flexibility index (Phi) is 4.74. The summed E-state index contributed by atoms with van der Waals surface area (Å²) >= 11 is 0. The van der Waals surface area contributed by atoms with Gasteiger partial charge in [0.2, 0.25) is 0 Å². The van der Waals surface area contributed by atoms with Gasteiger partial charge < -0.3 is 15.6 Å². The van der Waals surface area contributed by atoms with Crippen LogP contribution in [0.3, 0.4) is 0 Å². The maximum atomic E-state index is 12.2. The largest absolute Gasteiger partial charge is 0.506 e. The Balaban J connectivity index is 1.66. The lowest BCUT2D eigenvalue weighted by Crippen LogP contribution is -2.12. The van der Waals surface area contributed by atoms with Gasteiger partial charge in [-0.3, -0.25) is 0 Å². The molecule has 0 bridgehead atoms. The minimum atomic E-state index is -0.427. The van der Waals surface area contributed by atoms with Crippen molar-refractivity contribution in [1.82, 2.24) is 0 Å². The van der Waals surface area contributed by atoms with Gasteiger partial charge in [0, 0.05) is 6.07 Å². The van der Waals surface area contributed by atoms with Crippen molar-refractivity contribution in [3.8, 4) is 11.5 Å². The molecule has 0 amide bonds. The van der Waals surface area contributed by atoms with Crippen LogP contribution >= 0.6 is 0 Å². The zero-order valence-corrected chi connectivity index (χ0v) is 13.9. The summed E-state index contributed by atoms with van der Waals surface area (Å²) in [5.41, 5.74) is 7.60. The number of aromatic hydroxyl groups is 1. The molecule has 4 nitrogen and oxygen atoms in total. The molecule has 0 saturated heterocycles. The zero-order valence-electron chi connectivity index (χ0n) is 13.9. The summed E-state index contributed by atoms with van der Waals surface area (Å²) in [5.74, 6) is 1.29. The molecular formula is C20H23NO3. The van der Waals surface area contributed by atoms with E-state index in [0.29, 0.717) is 17.2 Å². The van der Waals surface area contributed by atoms with E-state index in [1.807, 2.05) is 24.3 Å². The normalized spacial score (nSPS) is 20.5. The van der Waals surface area contributed by atoms with Gasteiger partial charge in [-0.2, -0.15) is 0 Å². The third-order valence-electron chi connectivity index (χ3n) is 4.84. The third kappa shape index (κ3) is 3.70. The molecule has 1 aliphatic carbocycles. The maximum absolute atomic E-state index is 12.2. The smallest absolute Gasteiger partial charge is 0.343 e. The van der Waals surface area contributed by atoms with E-state index in [2.05, 4.69) is 6.92 Å². The number of carbonyl (C=O) groups excluding carboxylic acids is 1. The molecule has 2 aromatic rings. The summed E-state index contributed by atoms with van der Waals surface area (Å²) in [4.78, 5) is 12.2. The lowest BCUT2D eigenvalue weighted by molar-refractivity contribution is 0.0734. The van der Waals surface area contributed by atoms with E-state index in [9.17, 15) is 9.90 Å². The van der Waals surface area contributed by atoms with E-state index in [-0.39, 0.29) is 11.4 Å². The lowest BCUT2D eigenvalue weighted by atomic mass is 9.79. The second-order valence-electron chi connectivity index (χ2n) is 6.69. The second kappa shape index (κ2) is 6.95. The van der Waals surface area contributed by atoms with Crippen molar-refractivity contribution >= 4 is 11.7 Å². The van der Waals surface area contributed by atoms with Crippen LogP contribution in [0.2, 0.25) is 0 Å². The monoisotopic (exact) mass is 325 g/mol. The molecule has 0 aliphatic heterocycles. The molecule has 0 aromatic heterocycles. The van der Waals surface area contributed by atoms with Gasteiger partial charge in [0.15, 0.2) is 0 Å². The van der Waals surface area contributed by atoms with Crippen LogP contribution in [0.25, 0.3) is 0 Å². The lowest BCUT2D eigenvalue weighted by Gasteiger charge is -2.26. The van der Waals surface area contributed by atoms with Crippen molar-refractivity contribution in [1.29, 1.82) is 0 Å². The Bertz CT molecular complexity index is 716. The standard InChI is InChI=1S/C20H23NO3/c1-13-2-4-14(5-3-13)15-6-8-16(9-7-15)20(23)24-17-10-11-19(22)18(21)12-17/h6-14,22H,2-5,21H2,1H3. The average Bonchev–Trinajstić information content (AvgIpc) is 2.59. The minimum Gasteiger partial charge on any atom is -0.506 e. The topological polar surface area (TPSA) is 72.5 Å². The first-order valence-corrected chi connectivity index (χ1v) is 8.43. The second-order valence-corrected chi connectivity index (χ2v) is 6.69. The Morgan fingerprint density at radius 3 is 2.38 bits per heavy atom. The molecule has 24 heavy (non-hydrogen) atoms. The highest BCUT2D eigenvalue weighted by molar-refractivity contribution is 5.91. The number of esters is 1. The number of nitrogen functional groups attached to an aromatic ring is 1. The highest BCUT2D eigenvalue weighted by atomic mass is 16.5. The number of carbonyl (C=O) groups is 1. The minimum absolute atomic E-state index is 0.0269. The van der Waals surface area contributed by atoms with Crippen molar-refractivity contribution in [2.45, 2.75) is 38.5 Å². The molecule has 0 unspecified atom stereocenters. The molecular weight excluding hydrogens is 302 g/mol. The van der Waals surface area contributed by atoms with Crippen LogP contribution in [-0.4, -0.2) is 11.1 Å². The molecule has 1 fully saturated rings. The van der Waals surface area contributed by atoms with Gasteiger partial charge in [0.25, 0.3) is 0 Å². The summed E-state index contributed by atoms with van der Waals surface area (Å²) in [6.45, 7) is 2.31. The zero-order chi connectivity index (χ0) is 17.1. The van der Waals surface area contributed by atoms with Crippen molar-refractivity contribution < 1.29 is 14.6 Å². The van der Waals surface area contributed by atoms with Gasteiger partial charge in [0.05, 0.1) is 11.3 Å². The quantitative estimate of drug-likeness (QED) is 0.377. The number of phenols is 1. The molecule has 4 heteroatoms. The fourth-order valence-corrected chi connectivity index (χ4v) is 3.25. The number of rotatable bonds is 3. The first-order valence-electron chi connectivity index (χ1n) is 8.43. The van der Waals surface area contributed by atoms with Crippen molar-refractivity contribution in [2.24, 2.45) is 5.92 Å². The number of anilines is 1. The summed E-state index contributed by atoms with van der Waals surface area (Å²) in [7, 11) is 0. The van der Waals surface area contributed by atoms with Gasteiger partial charge in [-0.05, 0) is 54.5 Å². The van der Waals surface area contributed by atoms with Crippen LogP contribution in [-0.2, 0) is 0 Å². The van der Waals surface area contributed by atoms with Crippen LogP contribution in [0.4, 0.5) is 5.69 Å². The summed E-state index contributed by atoms with van der Waals surface area (Å²) in [6.07, 6.45) is 4.99. The fourth-order valence-electron chi connectivity index (χ4n) is 3.25. The molecule has 3 N–H and O–H groups in total. The number of phenolic OH excluding ortho intramolecular Hbond substituents is 1. The summed E-state index contributed by atoms with van der Waals surface area (Å²) < 4.78 is 5.31. The third-order valence-corrected chi connectivity index (χ3v) is 4.84. The van der Waals surface area contributed by atoms with E-state index < -0.39 is 5.97 Å². The van der Waals surface area contributed by atoms with Crippen LogP contribution in [0.1, 0.15) is 54.4 Å². The predicted octanol–water partition coefficient (Wildman–Crippen LogP) is 4.49. The van der Waals surface area contributed by atoms with E-state index in [0.717, 1.165) is 5.92 Å². The van der Waals surface area contributed by atoms with E-state index in [1.165, 1.54) is 49.4 Å². The van der Waals surface area contributed by atoms with Crippen LogP contribution in [0, 0.1) is 5.92 Å². The fraction of sp³-hybridized carbons (Fsp3) is 0.350. The molecule has 1 saturated carbocycles. The van der Waals surface area contributed by atoms with Crippen LogP contribution < -0.4 is 10.5 Å². The maximum Gasteiger partial charge on any atom is 0.343 e. The van der Waals surface area contributed by atoms with Gasteiger partial charge in [-0.15, -0.1) is 0 Å². The molecule has 126 valence electrons. The van der Waals surface area contributed by atoms with Gasteiger partial charge in [0.1, 0.15) is 11.5 Å².